The fourth-order valence-electron chi connectivity index (χ4n) is 0.868. The Kier molecular flexibility index (Phi) is 2.03. The smallest absolute Gasteiger partial charge is 0.216 e. The standard InChI is InChI=1S/C7H7F2NO/c1-2-5-6(8)3-10(11)4-7(5)9/h3-4H,2H2,1H3. The highest BCUT2D eigenvalue weighted by atomic mass is 19.1. The van der Waals surface area contributed by atoms with Crippen molar-refractivity contribution in [2.45, 2.75) is 13.3 Å². The highest BCUT2D eigenvalue weighted by Crippen LogP contribution is 2.08. The molecule has 0 saturated heterocycles. The van der Waals surface area contributed by atoms with Gasteiger partial charge in [0.1, 0.15) is 0 Å². The van der Waals surface area contributed by atoms with E-state index in [0.29, 0.717) is 12.4 Å². The van der Waals surface area contributed by atoms with E-state index in [1.807, 2.05) is 0 Å². The van der Waals surface area contributed by atoms with Crippen LogP contribution in [0, 0.1) is 16.8 Å². The highest BCUT2D eigenvalue weighted by Gasteiger charge is 2.11. The number of rotatable bonds is 1. The van der Waals surface area contributed by atoms with Crippen LogP contribution >= 0.6 is 0 Å². The number of nitrogens with zero attached hydrogens (tertiary/aromatic N) is 1. The average molecular weight is 159 g/mol. The predicted octanol–water partition coefficient (Wildman–Crippen LogP) is 1.16. The highest BCUT2D eigenvalue weighted by molar-refractivity contribution is 5.12. The Bertz CT molecular complexity index is 252. The van der Waals surface area contributed by atoms with Crippen molar-refractivity contribution in [3.8, 4) is 0 Å². The van der Waals surface area contributed by atoms with Gasteiger partial charge in [0.25, 0.3) is 0 Å². The van der Waals surface area contributed by atoms with Crippen molar-refractivity contribution in [3.63, 3.8) is 0 Å². The molecule has 0 aliphatic rings. The van der Waals surface area contributed by atoms with Gasteiger partial charge in [0.15, 0.2) is 11.6 Å². The van der Waals surface area contributed by atoms with Gasteiger partial charge in [-0.2, -0.15) is 13.5 Å². The number of hydrogen-bond donors (Lipinski definition) is 0. The van der Waals surface area contributed by atoms with Gasteiger partial charge in [-0.05, 0) is 6.42 Å². The zero-order chi connectivity index (χ0) is 8.43. The number of aromatic nitrogens is 1. The minimum Gasteiger partial charge on any atom is -0.619 e. The van der Waals surface area contributed by atoms with E-state index in [1.54, 1.807) is 6.92 Å². The molecule has 0 atom stereocenters. The van der Waals surface area contributed by atoms with Crippen LogP contribution < -0.4 is 4.73 Å². The second-order valence-corrected chi connectivity index (χ2v) is 2.15. The van der Waals surface area contributed by atoms with E-state index in [1.165, 1.54) is 0 Å². The third-order valence-electron chi connectivity index (χ3n) is 1.41. The van der Waals surface area contributed by atoms with Crippen LogP contribution in [-0.2, 0) is 6.42 Å². The summed E-state index contributed by atoms with van der Waals surface area (Å²) in [5, 5.41) is 10.4. The zero-order valence-electron chi connectivity index (χ0n) is 5.97. The van der Waals surface area contributed by atoms with Crippen molar-refractivity contribution < 1.29 is 13.5 Å². The molecule has 0 spiro atoms. The maximum Gasteiger partial charge on any atom is 0.216 e. The first-order chi connectivity index (χ1) is 5.15. The Balaban J connectivity index is 3.25. The maximum absolute atomic E-state index is 12.7. The Morgan fingerprint density at radius 1 is 1.36 bits per heavy atom. The van der Waals surface area contributed by atoms with Crippen molar-refractivity contribution in [2.75, 3.05) is 0 Å². The molecule has 0 saturated carbocycles. The summed E-state index contributed by atoms with van der Waals surface area (Å²) in [5.41, 5.74) is -0.0444. The van der Waals surface area contributed by atoms with E-state index in [9.17, 15) is 14.0 Å². The number of halogens is 2. The van der Waals surface area contributed by atoms with Gasteiger partial charge < -0.3 is 5.21 Å². The zero-order valence-corrected chi connectivity index (χ0v) is 5.97. The average Bonchev–Trinajstić information content (AvgIpc) is 1.85. The van der Waals surface area contributed by atoms with Crippen LogP contribution in [0.1, 0.15) is 12.5 Å². The van der Waals surface area contributed by atoms with E-state index in [-0.39, 0.29) is 16.7 Å². The molecule has 0 unspecified atom stereocenters. The van der Waals surface area contributed by atoms with E-state index >= 15 is 0 Å². The van der Waals surface area contributed by atoms with Crippen molar-refractivity contribution in [1.82, 2.24) is 0 Å². The quantitative estimate of drug-likeness (QED) is 0.446. The lowest BCUT2D eigenvalue weighted by Gasteiger charge is -2.00. The fourth-order valence-corrected chi connectivity index (χ4v) is 0.868. The molecule has 4 heteroatoms. The van der Waals surface area contributed by atoms with Gasteiger partial charge in [-0.25, -0.2) is 0 Å². The third-order valence-corrected chi connectivity index (χ3v) is 1.41. The van der Waals surface area contributed by atoms with E-state index in [0.717, 1.165) is 0 Å². The number of hydrogen-bond acceptors (Lipinski definition) is 1. The first-order valence-electron chi connectivity index (χ1n) is 3.21. The second-order valence-electron chi connectivity index (χ2n) is 2.15. The monoisotopic (exact) mass is 159 g/mol. The molecule has 0 aromatic carbocycles. The van der Waals surface area contributed by atoms with Gasteiger partial charge >= 0.3 is 0 Å². The van der Waals surface area contributed by atoms with E-state index < -0.39 is 11.6 Å². The molecule has 0 amide bonds. The topological polar surface area (TPSA) is 26.9 Å². The van der Waals surface area contributed by atoms with Crippen LogP contribution in [0.4, 0.5) is 8.78 Å². The van der Waals surface area contributed by atoms with Crippen molar-refractivity contribution in [2.24, 2.45) is 0 Å². The lowest BCUT2D eigenvalue weighted by Crippen LogP contribution is -2.27. The molecule has 0 aliphatic carbocycles. The van der Waals surface area contributed by atoms with Gasteiger partial charge in [0.05, 0.1) is 0 Å². The van der Waals surface area contributed by atoms with Crippen LogP contribution in [0.3, 0.4) is 0 Å². The van der Waals surface area contributed by atoms with Crippen LogP contribution in [0.2, 0.25) is 0 Å². The molecule has 2 nitrogen and oxygen atoms in total. The van der Waals surface area contributed by atoms with Crippen molar-refractivity contribution >= 4 is 0 Å². The molecule has 1 rings (SSSR count). The minimum atomic E-state index is -0.789. The lowest BCUT2D eigenvalue weighted by molar-refractivity contribution is -0.609. The van der Waals surface area contributed by atoms with Gasteiger partial charge in [-0.15, -0.1) is 0 Å². The first-order valence-corrected chi connectivity index (χ1v) is 3.21. The minimum absolute atomic E-state index is 0.0444. The van der Waals surface area contributed by atoms with Gasteiger partial charge in [0.2, 0.25) is 12.4 Å². The molecule has 0 aliphatic heterocycles. The van der Waals surface area contributed by atoms with Crippen molar-refractivity contribution in [1.29, 1.82) is 0 Å². The summed E-state index contributed by atoms with van der Waals surface area (Å²) >= 11 is 0. The molecule has 0 bridgehead atoms. The van der Waals surface area contributed by atoms with E-state index in [4.69, 9.17) is 0 Å². The van der Waals surface area contributed by atoms with E-state index in [2.05, 4.69) is 0 Å². The molecule has 1 aromatic heterocycles. The van der Waals surface area contributed by atoms with Gasteiger partial charge in [-0.3, -0.25) is 0 Å². The molecule has 11 heavy (non-hydrogen) atoms. The Morgan fingerprint density at radius 2 is 1.82 bits per heavy atom. The molecule has 60 valence electrons. The van der Waals surface area contributed by atoms with Crippen LogP contribution in [0.5, 0.6) is 0 Å². The summed E-state index contributed by atoms with van der Waals surface area (Å²) in [6, 6.07) is 0. The molecule has 0 fully saturated rings. The largest absolute Gasteiger partial charge is 0.619 e. The summed E-state index contributed by atoms with van der Waals surface area (Å²) in [5.74, 6) is -1.58. The first kappa shape index (κ1) is 7.91. The van der Waals surface area contributed by atoms with Gasteiger partial charge in [-0.1, -0.05) is 6.92 Å². The SMILES string of the molecule is CCc1c(F)c[n+]([O-])cc1F. The summed E-state index contributed by atoms with van der Waals surface area (Å²) in [7, 11) is 0. The predicted molar refractivity (Wildman–Crippen MR) is 34.7 cm³/mol. The summed E-state index contributed by atoms with van der Waals surface area (Å²) < 4.78 is 25.4. The molecule has 0 radical (unpaired) electrons. The molecule has 0 N–H and O–H groups in total. The fraction of sp³-hybridized carbons (Fsp3) is 0.286. The Hall–Kier alpha value is -1.19. The molecule has 1 heterocycles. The summed E-state index contributed by atoms with van der Waals surface area (Å²) in [4.78, 5) is 0. The van der Waals surface area contributed by atoms with Gasteiger partial charge in [0, 0.05) is 5.56 Å². The lowest BCUT2D eigenvalue weighted by atomic mass is 10.2. The molecular weight excluding hydrogens is 152 g/mol. The van der Waals surface area contributed by atoms with Crippen molar-refractivity contribution in [3.05, 3.63) is 34.8 Å². The molecule has 1 aromatic rings. The van der Waals surface area contributed by atoms with Crippen LogP contribution in [0.15, 0.2) is 12.4 Å². The third kappa shape index (κ3) is 1.45. The Labute approximate surface area is 62.7 Å². The summed E-state index contributed by atoms with van der Waals surface area (Å²) in [6.45, 7) is 1.62. The maximum atomic E-state index is 12.7. The second kappa shape index (κ2) is 2.82. The Morgan fingerprint density at radius 3 is 2.18 bits per heavy atom. The number of pyridine rings is 1. The normalized spacial score (nSPS) is 10.1. The van der Waals surface area contributed by atoms with Crippen LogP contribution in [0.25, 0.3) is 0 Å². The summed E-state index contributed by atoms with van der Waals surface area (Å²) in [6.07, 6.45) is 1.67. The van der Waals surface area contributed by atoms with Crippen LogP contribution in [-0.4, -0.2) is 0 Å². The molecular formula is C7H7F2NO.